The topological polar surface area (TPSA) is 32.3 Å². The quantitative estimate of drug-likeness (QED) is 0.660. The van der Waals surface area contributed by atoms with Crippen molar-refractivity contribution in [2.75, 3.05) is 11.9 Å². The molecule has 1 aromatic carbocycles. The summed E-state index contributed by atoms with van der Waals surface area (Å²) in [5.41, 5.74) is 1.94. The molecule has 0 bridgehead atoms. The standard InChI is InChI=1S/C9H10FNO/c10-8-7(5-12)2-1-6-3-4-11-9(6)8/h1-2,11-12H,3-5H2. The summed E-state index contributed by atoms with van der Waals surface area (Å²) in [5, 5.41) is 11.7. The first-order chi connectivity index (χ1) is 5.83. The van der Waals surface area contributed by atoms with Gasteiger partial charge in [-0.2, -0.15) is 0 Å². The number of fused-ring (bicyclic) bond motifs is 1. The molecule has 2 rings (SSSR count). The molecule has 12 heavy (non-hydrogen) atoms. The van der Waals surface area contributed by atoms with Crippen molar-refractivity contribution in [3.05, 3.63) is 29.1 Å². The van der Waals surface area contributed by atoms with Crippen LogP contribution < -0.4 is 5.32 Å². The molecule has 0 saturated carbocycles. The van der Waals surface area contributed by atoms with E-state index >= 15 is 0 Å². The Balaban J connectivity index is 2.54. The van der Waals surface area contributed by atoms with Crippen LogP contribution in [0.25, 0.3) is 0 Å². The number of benzene rings is 1. The van der Waals surface area contributed by atoms with Crippen molar-refractivity contribution in [2.24, 2.45) is 0 Å². The van der Waals surface area contributed by atoms with Crippen LogP contribution in [0.3, 0.4) is 0 Å². The summed E-state index contributed by atoms with van der Waals surface area (Å²) in [4.78, 5) is 0. The van der Waals surface area contributed by atoms with Gasteiger partial charge in [0.1, 0.15) is 0 Å². The van der Waals surface area contributed by atoms with Gasteiger partial charge in [0.25, 0.3) is 0 Å². The number of halogens is 1. The zero-order valence-electron chi connectivity index (χ0n) is 6.60. The summed E-state index contributed by atoms with van der Waals surface area (Å²) < 4.78 is 13.4. The molecule has 0 saturated heterocycles. The summed E-state index contributed by atoms with van der Waals surface area (Å²) in [6, 6.07) is 3.51. The molecular formula is C9H10FNO. The molecule has 0 aromatic heterocycles. The minimum Gasteiger partial charge on any atom is -0.392 e. The van der Waals surface area contributed by atoms with Gasteiger partial charge in [0.05, 0.1) is 12.3 Å². The van der Waals surface area contributed by atoms with E-state index < -0.39 is 0 Å². The Labute approximate surface area is 70.0 Å². The predicted octanol–water partition coefficient (Wildman–Crippen LogP) is 1.29. The summed E-state index contributed by atoms with van der Waals surface area (Å²) >= 11 is 0. The fraction of sp³-hybridized carbons (Fsp3) is 0.333. The minimum absolute atomic E-state index is 0.235. The van der Waals surface area contributed by atoms with E-state index in [-0.39, 0.29) is 12.4 Å². The Morgan fingerprint density at radius 3 is 3.08 bits per heavy atom. The Morgan fingerprint density at radius 1 is 1.50 bits per heavy atom. The van der Waals surface area contributed by atoms with Gasteiger partial charge >= 0.3 is 0 Å². The van der Waals surface area contributed by atoms with E-state index in [9.17, 15) is 4.39 Å². The smallest absolute Gasteiger partial charge is 0.152 e. The highest BCUT2D eigenvalue weighted by Gasteiger charge is 2.16. The van der Waals surface area contributed by atoms with Gasteiger partial charge in [0, 0.05) is 12.1 Å². The van der Waals surface area contributed by atoms with Crippen LogP contribution in [0.15, 0.2) is 12.1 Å². The van der Waals surface area contributed by atoms with Crippen molar-refractivity contribution in [1.29, 1.82) is 0 Å². The normalized spacial score (nSPS) is 14.2. The lowest BCUT2D eigenvalue weighted by atomic mass is 10.1. The first-order valence-corrected chi connectivity index (χ1v) is 3.98. The highest BCUT2D eigenvalue weighted by molar-refractivity contribution is 5.58. The van der Waals surface area contributed by atoms with Gasteiger partial charge in [-0.05, 0) is 12.0 Å². The van der Waals surface area contributed by atoms with Gasteiger partial charge in [-0.15, -0.1) is 0 Å². The molecule has 1 aliphatic heterocycles. The van der Waals surface area contributed by atoms with Crippen molar-refractivity contribution < 1.29 is 9.50 Å². The number of rotatable bonds is 1. The largest absolute Gasteiger partial charge is 0.392 e. The molecule has 0 fully saturated rings. The SMILES string of the molecule is OCc1ccc2c(c1F)NCC2. The maximum atomic E-state index is 13.4. The average Bonchev–Trinajstić information content (AvgIpc) is 2.53. The number of hydrogen-bond donors (Lipinski definition) is 2. The number of aliphatic hydroxyl groups excluding tert-OH is 1. The minimum atomic E-state index is -0.299. The zero-order valence-corrected chi connectivity index (χ0v) is 6.60. The molecule has 2 nitrogen and oxygen atoms in total. The molecule has 1 heterocycles. The Kier molecular flexibility index (Phi) is 1.73. The van der Waals surface area contributed by atoms with E-state index in [1.165, 1.54) is 0 Å². The van der Waals surface area contributed by atoms with Crippen LogP contribution in [-0.2, 0) is 13.0 Å². The van der Waals surface area contributed by atoms with Gasteiger partial charge in [-0.3, -0.25) is 0 Å². The summed E-state index contributed by atoms with van der Waals surface area (Å²) in [6.45, 7) is 0.557. The average molecular weight is 167 g/mol. The molecule has 0 atom stereocenters. The zero-order chi connectivity index (χ0) is 8.55. The van der Waals surface area contributed by atoms with Crippen LogP contribution in [0.1, 0.15) is 11.1 Å². The van der Waals surface area contributed by atoms with E-state index in [0.29, 0.717) is 11.3 Å². The lowest BCUT2D eigenvalue weighted by Crippen LogP contribution is -1.97. The molecule has 0 aliphatic carbocycles. The van der Waals surface area contributed by atoms with Crippen molar-refractivity contribution >= 4 is 5.69 Å². The van der Waals surface area contributed by atoms with Gasteiger partial charge in [-0.25, -0.2) is 4.39 Å². The van der Waals surface area contributed by atoms with Crippen LogP contribution in [0.5, 0.6) is 0 Å². The van der Waals surface area contributed by atoms with E-state index in [1.54, 1.807) is 6.07 Å². The second kappa shape index (κ2) is 2.75. The lowest BCUT2D eigenvalue weighted by molar-refractivity contribution is 0.276. The first kappa shape index (κ1) is 7.55. The molecule has 0 unspecified atom stereocenters. The number of nitrogens with one attached hydrogen (secondary N) is 1. The first-order valence-electron chi connectivity index (χ1n) is 3.98. The van der Waals surface area contributed by atoms with Crippen LogP contribution in [0.4, 0.5) is 10.1 Å². The summed E-state index contributed by atoms with van der Waals surface area (Å²) in [5.74, 6) is -0.299. The van der Waals surface area contributed by atoms with Gasteiger partial charge in [-0.1, -0.05) is 12.1 Å². The molecule has 0 radical (unpaired) electrons. The third-order valence-electron chi connectivity index (χ3n) is 2.17. The number of aliphatic hydroxyl groups is 1. The maximum Gasteiger partial charge on any atom is 0.152 e. The van der Waals surface area contributed by atoms with Crippen molar-refractivity contribution in [3.8, 4) is 0 Å². The van der Waals surface area contributed by atoms with Gasteiger partial charge in [0.15, 0.2) is 5.82 Å². The van der Waals surface area contributed by atoms with Crippen LogP contribution in [-0.4, -0.2) is 11.7 Å². The summed E-state index contributed by atoms with van der Waals surface area (Å²) in [7, 11) is 0. The maximum absolute atomic E-state index is 13.4. The molecular weight excluding hydrogens is 157 g/mol. The van der Waals surface area contributed by atoms with E-state index in [2.05, 4.69) is 5.32 Å². The van der Waals surface area contributed by atoms with Crippen molar-refractivity contribution in [2.45, 2.75) is 13.0 Å². The molecule has 64 valence electrons. The van der Waals surface area contributed by atoms with Crippen molar-refractivity contribution in [3.63, 3.8) is 0 Å². The molecule has 1 aromatic rings. The third kappa shape index (κ3) is 0.975. The predicted molar refractivity (Wildman–Crippen MR) is 44.5 cm³/mol. The molecule has 2 N–H and O–H groups in total. The highest BCUT2D eigenvalue weighted by atomic mass is 19.1. The van der Waals surface area contributed by atoms with Crippen LogP contribution in [0, 0.1) is 5.82 Å². The fourth-order valence-electron chi connectivity index (χ4n) is 1.50. The Morgan fingerprint density at radius 2 is 2.33 bits per heavy atom. The Bertz CT molecular complexity index is 312. The van der Waals surface area contributed by atoms with Crippen molar-refractivity contribution in [1.82, 2.24) is 0 Å². The molecule has 1 aliphatic rings. The summed E-state index contributed by atoms with van der Waals surface area (Å²) in [6.07, 6.45) is 0.873. The Hall–Kier alpha value is -1.09. The highest BCUT2D eigenvalue weighted by Crippen LogP contribution is 2.27. The van der Waals surface area contributed by atoms with E-state index in [4.69, 9.17) is 5.11 Å². The lowest BCUT2D eigenvalue weighted by Gasteiger charge is -2.04. The second-order valence-electron chi connectivity index (χ2n) is 2.91. The second-order valence-corrected chi connectivity index (χ2v) is 2.91. The monoisotopic (exact) mass is 167 g/mol. The van der Waals surface area contributed by atoms with Crippen LogP contribution >= 0.6 is 0 Å². The number of anilines is 1. The van der Waals surface area contributed by atoms with Gasteiger partial charge in [0.2, 0.25) is 0 Å². The van der Waals surface area contributed by atoms with E-state index in [0.717, 1.165) is 18.5 Å². The molecule has 0 amide bonds. The molecule has 0 spiro atoms. The van der Waals surface area contributed by atoms with Crippen LogP contribution in [0.2, 0.25) is 0 Å². The number of hydrogen-bond acceptors (Lipinski definition) is 2. The van der Waals surface area contributed by atoms with Gasteiger partial charge < -0.3 is 10.4 Å². The third-order valence-corrected chi connectivity index (χ3v) is 2.17. The van der Waals surface area contributed by atoms with E-state index in [1.807, 2.05) is 6.07 Å². The fourth-order valence-corrected chi connectivity index (χ4v) is 1.50. The molecule has 3 heteroatoms.